The molecule has 1 saturated heterocycles. The first-order valence-electron chi connectivity index (χ1n) is 9.34. The maximum Gasteiger partial charge on any atom is 0.223 e. The summed E-state index contributed by atoms with van der Waals surface area (Å²) >= 11 is 0. The summed E-state index contributed by atoms with van der Waals surface area (Å²) in [6.45, 7) is 3.45. The number of rotatable bonds is 6. The quantitative estimate of drug-likeness (QED) is 0.831. The van der Waals surface area contributed by atoms with Gasteiger partial charge in [0.15, 0.2) is 0 Å². The SMILES string of the molecule is CC(Cc1cccc(F)c1)C(=O)NCC1(c2cccc(F)c2)CCOCC1. The third-order valence-corrected chi connectivity index (χ3v) is 5.37. The number of hydrogen-bond donors (Lipinski definition) is 1. The number of carbonyl (C=O) groups excluding carboxylic acids is 1. The lowest BCUT2D eigenvalue weighted by atomic mass is 9.74. The Balaban J connectivity index is 1.67. The Kier molecular flexibility index (Phi) is 6.22. The summed E-state index contributed by atoms with van der Waals surface area (Å²) < 4.78 is 32.6. The minimum Gasteiger partial charge on any atom is -0.381 e. The van der Waals surface area contributed by atoms with Gasteiger partial charge in [0, 0.05) is 31.1 Å². The van der Waals surface area contributed by atoms with Crippen LogP contribution in [-0.4, -0.2) is 25.7 Å². The molecule has 2 aromatic carbocycles. The van der Waals surface area contributed by atoms with Crippen molar-refractivity contribution in [1.82, 2.24) is 5.32 Å². The first-order chi connectivity index (χ1) is 13.0. The average Bonchev–Trinajstić information content (AvgIpc) is 2.67. The molecular formula is C22H25F2NO2. The van der Waals surface area contributed by atoms with Crippen LogP contribution in [0.25, 0.3) is 0 Å². The molecule has 3 nitrogen and oxygen atoms in total. The maximum absolute atomic E-state index is 13.7. The Bertz CT molecular complexity index is 787. The molecule has 0 aliphatic carbocycles. The van der Waals surface area contributed by atoms with E-state index in [9.17, 15) is 13.6 Å². The lowest BCUT2D eigenvalue weighted by Gasteiger charge is -2.38. The highest BCUT2D eigenvalue weighted by atomic mass is 19.1. The van der Waals surface area contributed by atoms with Crippen molar-refractivity contribution in [1.29, 1.82) is 0 Å². The van der Waals surface area contributed by atoms with Crippen LogP contribution in [0.4, 0.5) is 8.78 Å². The molecule has 1 aliphatic rings. The van der Waals surface area contributed by atoms with Crippen molar-refractivity contribution in [3.8, 4) is 0 Å². The predicted octanol–water partition coefficient (Wildman–Crippen LogP) is 4.01. The van der Waals surface area contributed by atoms with Gasteiger partial charge >= 0.3 is 0 Å². The van der Waals surface area contributed by atoms with E-state index in [0.29, 0.717) is 26.2 Å². The normalized spacial score (nSPS) is 17.3. The van der Waals surface area contributed by atoms with E-state index in [1.165, 1.54) is 18.2 Å². The zero-order chi connectivity index (χ0) is 19.3. The molecule has 0 saturated carbocycles. The van der Waals surface area contributed by atoms with Crippen molar-refractivity contribution in [2.45, 2.75) is 31.6 Å². The van der Waals surface area contributed by atoms with Gasteiger partial charge in [0.2, 0.25) is 5.91 Å². The molecule has 27 heavy (non-hydrogen) atoms. The van der Waals surface area contributed by atoms with Crippen LogP contribution >= 0.6 is 0 Å². The molecule has 0 spiro atoms. The number of halogens is 2. The van der Waals surface area contributed by atoms with Gasteiger partial charge in [-0.3, -0.25) is 4.79 Å². The second-order valence-corrected chi connectivity index (χ2v) is 7.36. The lowest BCUT2D eigenvalue weighted by molar-refractivity contribution is -0.125. The fourth-order valence-corrected chi connectivity index (χ4v) is 3.69. The number of benzene rings is 2. The van der Waals surface area contributed by atoms with Crippen LogP contribution < -0.4 is 5.32 Å². The van der Waals surface area contributed by atoms with Crippen molar-refractivity contribution in [3.63, 3.8) is 0 Å². The second kappa shape index (κ2) is 8.61. The fourth-order valence-electron chi connectivity index (χ4n) is 3.69. The van der Waals surface area contributed by atoms with Gasteiger partial charge in [0.05, 0.1) is 0 Å². The van der Waals surface area contributed by atoms with Crippen LogP contribution in [0, 0.1) is 17.6 Å². The summed E-state index contributed by atoms with van der Waals surface area (Å²) in [5.74, 6) is -0.936. The summed E-state index contributed by atoms with van der Waals surface area (Å²) in [6.07, 6.45) is 1.93. The third kappa shape index (κ3) is 4.92. The van der Waals surface area contributed by atoms with Crippen LogP contribution in [-0.2, 0) is 21.4 Å². The summed E-state index contributed by atoms with van der Waals surface area (Å²) in [5.41, 5.74) is 1.36. The fraction of sp³-hybridized carbons (Fsp3) is 0.409. The second-order valence-electron chi connectivity index (χ2n) is 7.36. The van der Waals surface area contributed by atoms with Gasteiger partial charge in [-0.25, -0.2) is 8.78 Å². The van der Waals surface area contributed by atoms with Crippen LogP contribution in [0.3, 0.4) is 0 Å². The molecule has 1 aliphatic heterocycles. The maximum atomic E-state index is 13.7. The monoisotopic (exact) mass is 373 g/mol. The molecule has 2 aromatic rings. The standard InChI is InChI=1S/C22H25F2NO2/c1-16(12-17-4-2-6-19(23)13-17)21(26)25-15-22(8-10-27-11-9-22)18-5-3-7-20(24)14-18/h2-7,13-14,16H,8-12,15H2,1H3,(H,25,26). The Hall–Kier alpha value is -2.27. The molecular weight excluding hydrogens is 348 g/mol. The third-order valence-electron chi connectivity index (χ3n) is 5.37. The molecule has 0 radical (unpaired) electrons. The highest BCUT2D eigenvalue weighted by Crippen LogP contribution is 2.34. The summed E-state index contributed by atoms with van der Waals surface area (Å²) in [6, 6.07) is 12.9. The Morgan fingerprint density at radius 1 is 1.11 bits per heavy atom. The van der Waals surface area contributed by atoms with Gasteiger partial charge in [0.1, 0.15) is 11.6 Å². The van der Waals surface area contributed by atoms with Crippen molar-refractivity contribution in [2.75, 3.05) is 19.8 Å². The lowest BCUT2D eigenvalue weighted by Crippen LogP contribution is -2.46. The van der Waals surface area contributed by atoms with Gasteiger partial charge in [-0.15, -0.1) is 0 Å². The Morgan fingerprint density at radius 3 is 2.44 bits per heavy atom. The molecule has 1 unspecified atom stereocenters. The van der Waals surface area contributed by atoms with E-state index in [-0.39, 0.29) is 28.9 Å². The van der Waals surface area contributed by atoms with E-state index >= 15 is 0 Å². The van der Waals surface area contributed by atoms with E-state index in [0.717, 1.165) is 24.0 Å². The zero-order valence-electron chi connectivity index (χ0n) is 15.5. The smallest absolute Gasteiger partial charge is 0.223 e. The topological polar surface area (TPSA) is 38.3 Å². The van der Waals surface area contributed by atoms with Crippen molar-refractivity contribution in [3.05, 3.63) is 71.3 Å². The average molecular weight is 373 g/mol. The number of hydrogen-bond acceptors (Lipinski definition) is 2. The van der Waals surface area contributed by atoms with Crippen molar-refractivity contribution < 1.29 is 18.3 Å². The van der Waals surface area contributed by atoms with E-state index in [2.05, 4.69) is 5.32 Å². The highest BCUT2D eigenvalue weighted by Gasteiger charge is 2.35. The van der Waals surface area contributed by atoms with Crippen molar-refractivity contribution in [2.24, 2.45) is 5.92 Å². The van der Waals surface area contributed by atoms with Gasteiger partial charge in [-0.05, 0) is 54.7 Å². The molecule has 1 atom stereocenters. The summed E-state index contributed by atoms with van der Waals surface area (Å²) in [5, 5.41) is 3.04. The highest BCUT2D eigenvalue weighted by molar-refractivity contribution is 5.78. The number of nitrogens with one attached hydrogen (secondary N) is 1. The first kappa shape index (κ1) is 19.5. The van der Waals surface area contributed by atoms with E-state index in [4.69, 9.17) is 4.74 Å². The van der Waals surface area contributed by atoms with Gasteiger partial charge < -0.3 is 10.1 Å². The van der Waals surface area contributed by atoms with Crippen LogP contribution in [0.5, 0.6) is 0 Å². The first-order valence-corrected chi connectivity index (χ1v) is 9.34. The minimum atomic E-state index is -0.325. The molecule has 3 rings (SSSR count). The number of ether oxygens (including phenoxy) is 1. The van der Waals surface area contributed by atoms with Crippen LogP contribution in [0.2, 0.25) is 0 Å². The predicted molar refractivity (Wildman–Crippen MR) is 100 cm³/mol. The zero-order valence-corrected chi connectivity index (χ0v) is 15.5. The number of amides is 1. The Morgan fingerprint density at radius 2 is 1.78 bits per heavy atom. The summed E-state index contributed by atoms with van der Waals surface area (Å²) in [7, 11) is 0. The molecule has 1 amide bonds. The molecule has 144 valence electrons. The van der Waals surface area contributed by atoms with E-state index in [1.54, 1.807) is 18.2 Å². The van der Waals surface area contributed by atoms with Crippen LogP contribution in [0.15, 0.2) is 48.5 Å². The molecule has 0 bridgehead atoms. The Labute approximate surface area is 158 Å². The van der Waals surface area contributed by atoms with Crippen LogP contribution in [0.1, 0.15) is 30.9 Å². The molecule has 0 aromatic heterocycles. The largest absolute Gasteiger partial charge is 0.381 e. The van der Waals surface area contributed by atoms with E-state index in [1.807, 2.05) is 19.1 Å². The summed E-state index contributed by atoms with van der Waals surface area (Å²) in [4.78, 5) is 12.6. The van der Waals surface area contributed by atoms with Gasteiger partial charge in [0.25, 0.3) is 0 Å². The van der Waals surface area contributed by atoms with Crippen molar-refractivity contribution >= 4 is 5.91 Å². The molecule has 5 heteroatoms. The molecule has 1 heterocycles. The van der Waals surface area contributed by atoms with Gasteiger partial charge in [-0.2, -0.15) is 0 Å². The molecule has 1 N–H and O–H groups in total. The van der Waals surface area contributed by atoms with E-state index < -0.39 is 0 Å². The number of carbonyl (C=O) groups is 1. The van der Waals surface area contributed by atoms with Gasteiger partial charge in [-0.1, -0.05) is 31.2 Å². The molecule has 1 fully saturated rings. The minimum absolute atomic E-state index is 0.0819.